The van der Waals surface area contributed by atoms with E-state index in [2.05, 4.69) is 16.0 Å². The van der Waals surface area contributed by atoms with E-state index in [0.717, 1.165) is 6.42 Å². The average Bonchev–Trinajstić information content (AvgIpc) is 2.26. The topological polar surface area (TPSA) is 53.2 Å². The van der Waals surface area contributed by atoms with E-state index in [0.29, 0.717) is 18.6 Å². The molecule has 82 valence electrons. The van der Waals surface area contributed by atoms with E-state index in [-0.39, 0.29) is 5.91 Å². The summed E-state index contributed by atoms with van der Waals surface area (Å²) in [6, 6.07) is 1.12. The fraction of sp³-hybridized carbons (Fsp3) is 0.900. The molecule has 4 nitrogen and oxygen atoms in total. The molecule has 1 aliphatic carbocycles. The smallest absolute Gasteiger partial charge is 0.233 e. The molecule has 0 bridgehead atoms. The largest absolute Gasteiger partial charge is 0.358 e. The number of nitrogens with one attached hydrogen (secondary N) is 3. The lowest BCUT2D eigenvalue weighted by atomic mass is 9.91. The Kier molecular flexibility index (Phi) is 4.90. The van der Waals surface area contributed by atoms with Crippen LogP contribution in [0.2, 0.25) is 0 Å². The Hall–Kier alpha value is -0.610. The lowest BCUT2D eigenvalue weighted by Gasteiger charge is -2.29. The van der Waals surface area contributed by atoms with Crippen LogP contribution in [0.25, 0.3) is 0 Å². The molecule has 1 amide bonds. The Morgan fingerprint density at radius 1 is 1.29 bits per heavy atom. The average molecular weight is 199 g/mol. The van der Waals surface area contributed by atoms with Crippen molar-refractivity contribution in [2.45, 2.75) is 37.8 Å². The fourth-order valence-electron chi connectivity index (χ4n) is 1.96. The first-order valence-corrected chi connectivity index (χ1v) is 5.37. The normalized spacial score (nSPS) is 27.3. The summed E-state index contributed by atoms with van der Waals surface area (Å²) in [5.74, 6) is 0.0663. The molecule has 1 fully saturated rings. The van der Waals surface area contributed by atoms with Crippen LogP contribution in [0.5, 0.6) is 0 Å². The SMILES string of the molecule is CNC(=O)CNC1CCCC(NC)C1. The first kappa shape index (κ1) is 11.5. The molecule has 1 saturated carbocycles. The van der Waals surface area contributed by atoms with E-state index in [4.69, 9.17) is 0 Å². The van der Waals surface area contributed by atoms with Crippen molar-refractivity contribution >= 4 is 5.91 Å². The van der Waals surface area contributed by atoms with E-state index in [9.17, 15) is 4.79 Å². The summed E-state index contributed by atoms with van der Waals surface area (Å²) >= 11 is 0. The molecule has 0 heterocycles. The zero-order chi connectivity index (χ0) is 10.4. The zero-order valence-electron chi connectivity index (χ0n) is 9.10. The van der Waals surface area contributed by atoms with Crippen molar-refractivity contribution in [2.75, 3.05) is 20.6 Å². The number of amides is 1. The van der Waals surface area contributed by atoms with Gasteiger partial charge in [0.2, 0.25) is 5.91 Å². The van der Waals surface area contributed by atoms with E-state index >= 15 is 0 Å². The predicted molar refractivity (Wildman–Crippen MR) is 57.2 cm³/mol. The molecule has 14 heavy (non-hydrogen) atoms. The summed E-state index contributed by atoms with van der Waals surface area (Å²) in [6.45, 7) is 0.442. The molecule has 0 aliphatic heterocycles. The van der Waals surface area contributed by atoms with Gasteiger partial charge in [0.25, 0.3) is 0 Å². The Bertz CT molecular complexity index is 184. The second-order valence-corrected chi connectivity index (χ2v) is 3.90. The van der Waals surface area contributed by atoms with Crippen LogP contribution in [0.3, 0.4) is 0 Å². The molecule has 2 atom stereocenters. The van der Waals surface area contributed by atoms with E-state index in [1.165, 1.54) is 19.3 Å². The number of rotatable bonds is 4. The van der Waals surface area contributed by atoms with Crippen LogP contribution >= 0.6 is 0 Å². The number of hydrogen-bond acceptors (Lipinski definition) is 3. The quantitative estimate of drug-likeness (QED) is 0.590. The van der Waals surface area contributed by atoms with Gasteiger partial charge in [0.1, 0.15) is 0 Å². The van der Waals surface area contributed by atoms with Crippen LogP contribution in [0.4, 0.5) is 0 Å². The molecular weight excluding hydrogens is 178 g/mol. The standard InChI is InChI=1S/C10H21N3O/c1-11-8-4-3-5-9(6-8)13-7-10(14)12-2/h8-9,11,13H,3-7H2,1-2H3,(H,12,14). The van der Waals surface area contributed by atoms with Gasteiger partial charge in [-0.05, 0) is 26.3 Å². The van der Waals surface area contributed by atoms with Crippen molar-refractivity contribution in [3.8, 4) is 0 Å². The van der Waals surface area contributed by atoms with Gasteiger partial charge in [0.15, 0.2) is 0 Å². The van der Waals surface area contributed by atoms with Gasteiger partial charge in [0, 0.05) is 19.1 Å². The van der Waals surface area contributed by atoms with E-state index in [1.807, 2.05) is 7.05 Å². The molecule has 0 spiro atoms. The Morgan fingerprint density at radius 3 is 2.64 bits per heavy atom. The summed E-state index contributed by atoms with van der Waals surface area (Å²) in [7, 11) is 3.67. The highest BCUT2D eigenvalue weighted by Gasteiger charge is 2.20. The van der Waals surface area contributed by atoms with Gasteiger partial charge in [-0.2, -0.15) is 0 Å². The summed E-state index contributed by atoms with van der Waals surface area (Å²) in [6.07, 6.45) is 4.83. The van der Waals surface area contributed by atoms with Gasteiger partial charge in [-0.3, -0.25) is 4.79 Å². The van der Waals surface area contributed by atoms with Gasteiger partial charge in [-0.1, -0.05) is 6.42 Å². The Labute approximate surface area is 85.8 Å². The predicted octanol–water partition coefficient (Wildman–Crippen LogP) is -0.147. The maximum absolute atomic E-state index is 11.0. The van der Waals surface area contributed by atoms with Crippen LogP contribution < -0.4 is 16.0 Å². The van der Waals surface area contributed by atoms with Crippen LogP contribution in [-0.2, 0) is 4.79 Å². The fourth-order valence-corrected chi connectivity index (χ4v) is 1.96. The van der Waals surface area contributed by atoms with E-state index in [1.54, 1.807) is 7.05 Å². The number of carbonyl (C=O) groups excluding carboxylic acids is 1. The number of likely N-dealkylation sites (N-methyl/N-ethyl adjacent to an activating group) is 1. The molecule has 0 aromatic carbocycles. The van der Waals surface area contributed by atoms with Crippen LogP contribution in [-0.4, -0.2) is 38.6 Å². The minimum atomic E-state index is 0.0663. The minimum Gasteiger partial charge on any atom is -0.358 e. The van der Waals surface area contributed by atoms with E-state index < -0.39 is 0 Å². The molecule has 2 unspecified atom stereocenters. The highest BCUT2D eigenvalue weighted by atomic mass is 16.1. The van der Waals surface area contributed by atoms with Gasteiger partial charge in [-0.25, -0.2) is 0 Å². The Balaban J connectivity index is 2.20. The molecule has 3 N–H and O–H groups in total. The van der Waals surface area contributed by atoms with Crippen molar-refractivity contribution in [2.24, 2.45) is 0 Å². The number of carbonyl (C=O) groups is 1. The molecule has 0 aromatic rings. The summed E-state index contributed by atoms with van der Waals surface area (Å²) < 4.78 is 0. The Morgan fingerprint density at radius 2 is 2.00 bits per heavy atom. The van der Waals surface area contributed by atoms with Crippen molar-refractivity contribution in [3.63, 3.8) is 0 Å². The van der Waals surface area contributed by atoms with Crippen LogP contribution in [0, 0.1) is 0 Å². The zero-order valence-corrected chi connectivity index (χ0v) is 9.10. The first-order chi connectivity index (χ1) is 6.76. The maximum Gasteiger partial charge on any atom is 0.233 e. The molecule has 0 saturated heterocycles. The molecular formula is C10H21N3O. The third-order valence-electron chi connectivity index (χ3n) is 2.91. The van der Waals surface area contributed by atoms with Crippen molar-refractivity contribution in [1.29, 1.82) is 0 Å². The van der Waals surface area contributed by atoms with Crippen molar-refractivity contribution in [3.05, 3.63) is 0 Å². The lowest BCUT2D eigenvalue weighted by Crippen LogP contribution is -2.44. The lowest BCUT2D eigenvalue weighted by molar-refractivity contribution is -0.119. The highest BCUT2D eigenvalue weighted by Crippen LogP contribution is 2.17. The maximum atomic E-state index is 11.0. The van der Waals surface area contributed by atoms with Crippen molar-refractivity contribution in [1.82, 2.24) is 16.0 Å². The van der Waals surface area contributed by atoms with Crippen LogP contribution in [0.15, 0.2) is 0 Å². The minimum absolute atomic E-state index is 0.0663. The monoisotopic (exact) mass is 199 g/mol. The molecule has 1 rings (SSSR count). The first-order valence-electron chi connectivity index (χ1n) is 5.37. The van der Waals surface area contributed by atoms with Gasteiger partial charge in [-0.15, -0.1) is 0 Å². The second-order valence-electron chi connectivity index (χ2n) is 3.90. The highest BCUT2D eigenvalue weighted by molar-refractivity contribution is 5.77. The molecule has 4 heteroatoms. The molecule has 0 radical (unpaired) electrons. The molecule has 1 aliphatic rings. The third-order valence-corrected chi connectivity index (χ3v) is 2.91. The van der Waals surface area contributed by atoms with Crippen LogP contribution in [0.1, 0.15) is 25.7 Å². The number of hydrogen-bond donors (Lipinski definition) is 3. The van der Waals surface area contributed by atoms with Gasteiger partial charge >= 0.3 is 0 Å². The van der Waals surface area contributed by atoms with Gasteiger partial charge < -0.3 is 16.0 Å². The summed E-state index contributed by atoms with van der Waals surface area (Å²) in [5, 5.41) is 9.19. The third kappa shape index (κ3) is 3.64. The van der Waals surface area contributed by atoms with Gasteiger partial charge in [0.05, 0.1) is 6.54 Å². The second kappa shape index (κ2) is 5.98. The van der Waals surface area contributed by atoms with Crippen molar-refractivity contribution < 1.29 is 4.79 Å². The summed E-state index contributed by atoms with van der Waals surface area (Å²) in [5.41, 5.74) is 0. The summed E-state index contributed by atoms with van der Waals surface area (Å²) in [4.78, 5) is 11.0. The molecule has 0 aromatic heterocycles.